The maximum Gasteiger partial charge on any atom is 0.162 e. The number of rotatable bonds is 8. The first-order valence-electron chi connectivity index (χ1n) is 6.91. The van der Waals surface area contributed by atoms with Gasteiger partial charge in [-0.05, 0) is 26.0 Å². The number of para-hydroxylation sites is 1. The van der Waals surface area contributed by atoms with E-state index in [1.54, 1.807) is 12.3 Å². The van der Waals surface area contributed by atoms with Crippen LogP contribution in [0.4, 0.5) is 0 Å². The number of benzene rings is 1. The molecule has 108 valence electrons. The number of nitrogens with one attached hydrogen (secondary N) is 1. The largest absolute Gasteiger partial charge is 0.504 e. The third kappa shape index (κ3) is 3.99. The molecule has 0 aliphatic carbocycles. The van der Waals surface area contributed by atoms with E-state index in [-0.39, 0.29) is 5.75 Å². The topological polar surface area (TPSA) is 59.3 Å². The van der Waals surface area contributed by atoms with Crippen LogP contribution >= 0.6 is 0 Å². The SMILES string of the molecule is CCOc1cccc(CNCCCn2ccnc2)c1O. The Hall–Kier alpha value is -2.01. The number of imidazole rings is 1. The zero-order chi connectivity index (χ0) is 14.2. The molecule has 1 aromatic heterocycles. The van der Waals surface area contributed by atoms with Gasteiger partial charge in [0.2, 0.25) is 0 Å². The molecule has 5 heteroatoms. The van der Waals surface area contributed by atoms with Gasteiger partial charge in [0, 0.05) is 31.0 Å². The van der Waals surface area contributed by atoms with Crippen molar-refractivity contribution in [2.24, 2.45) is 0 Å². The third-order valence-electron chi connectivity index (χ3n) is 3.03. The van der Waals surface area contributed by atoms with E-state index in [9.17, 15) is 5.11 Å². The minimum Gasteiger partial charge on any atom is -0.504 e. The first-order chi connectivity index (χ1) is 9.81. The van der Waals surface area contributed by atoms with E-state index in [0.29, 0.717) is 18.9 Å². The van der Waals surface area contributed by atoms with Crippen molar-refractivity contribution in [2.75, 3.05) is 13.2 Å². The molecule has 0 aliphatic heterocycles. The van der Waals surface area contributed by atoms with Crippen LogP contribution in [-0.2, 0) is 13.1 Å². The number of hydrogen-bond donors (Lipinski definition) is 2. The Kier molecular flexibility index (Phi) is 5.43. The predicted octanol–water partition coefficient (Wildman–Crippen LogP) is 2.17. The van der Waals surface area contributed by atoms with Crippen LogP contribution in [0.15, 0.2) is 36.9 Å². The van der Waals surface area contributed by atoms with Gasteiger partial charge < -0.3 is 19.7 Å². The van der Waals surface area contributed by atoms with Crippen LogP contribution in [0, 0.1) is 0 Å². The van der Waals surface area contributed by atoms with Gasteiger partial charge in [-0.3, -0.25) is 0 Å². The van der Waals surface area contributed by atoms with Crippen molar-refractivity contribution in [3.63, 3.8) is 0 Å². The molecule has 0 spiro atoms. The highest BCUT2D eigenvalue weighted by molar-refractivity contribution is 5.45. The van der Waals surface area contributed by atoms with Crippen LogP contribution in [0.3, 0.4) is 0 Å². The molecule has 0 amide bonds. The molecule has 20 heavy (non-hydrogen) atoms. The molecule has 1 heterocycles. The van der Waals surface area contributed by atoms with Crippen molar-refractivity contribution in [2.45, 2.75) is 26.4 Å². The van der Waals surface area contributed by atoms with E-state index in [0.717, 1.165) is 25.1 Å². The lowest BCUT2D eigenvalue weighted by atomic mass is 10.2. The maximum absolute atomic E-state index is 10.0. The van der Waals surface area contributed by atoms with Crippen LogP contribution in [0.2, 0.25) is 0 Å². The Balaban J connectivity index is 1.75. The van der Waals surface area contributed by atoms with Gasteiger partial charge in [0.1, 0.15) is 0 Å². The molecule has 0 saturated heterocycles. The lowest BCUT2D eigenvalue weighted by Crippen LogP contribution is -2.16. The summed E-state index contributed by atoms with van der Waals surface area (Å²) in [6.45, 7) is 4.92. The zero-order valence-electron chi connectivity index (χ0n) is 11.7. The lowest BCUT2D eigenvalue weighted by molar-refractivity contribution is 0.316. The van der Waals surface area contributed by atoms with Crippen molar-refractivity contribution < 1.29 is 9.84 Å². The summed E-state index contributed by atoms with van der Waals surface area (Å²) in [5.41, 5.74) is 0.860. The molecule has 0 radical (unpaired) electrons. The van der Waals surface area contributed by atoms with E-state index in [1.807, 2.05) is 31.6 Å². The molecule has 2 aromatic rings. The summed E-state index contributed by atoms with van der Waals surface area (Å²) in [5, 5.41) is 13.4. The summed E-state index contributed by atoms with van der Waals surface area (Å²) in [6.07, 6.45) is 6.57. The Morgan fingerprint density at radius 1 is 1.40 bits per heavy atom. The van der Waals surface area contributed by atoms with E-state index in [4.69, 9.17) is 4.74 Å². The van der Waals surface area contributed by atoms with Crippen LogP contribution in [-0.4, -0.2) is 27.8 Å². The van der Waals surface area contributed by atoms with Gasteiger partial charge in [-0.1, -0.05) is 12.1 Å². The number of hydrogen-bond acceptors (Lipinski definition) is 4. The summed E-state index contributed by atoms with van der Waals surface area (Å²) in [6, 6.07) is 5.58. The maximum atomic E-state index is 10.0. The van der Waals surface area contributed by atoms with Gasteiger partial charge in [-0.25, -0.2) is 4.98 Å². The first kappa shape index (κ1) is 14.4. The minimum absolute atomic E-state index is 0.233. The van der Waals surface area contributed by atoms with E-state index >= 15 is 0 Å². The Morgan fingerprint density at radius 3 is 3.05 bits per heavy atom. The molecule has 2 rings (SSSR count). The lowest BCUT2D eigenvalue weighted by Gasteiger charge is -2.11. The number of phenols is 1. The van der Waals surface area contributed by atoms with Crippen LogP contribution in [0.5, 0.6) is 11.5 Å². The number of aryl methyl sites for hydroxylation is 1. The number of nitrogens with zero attached hydrogens (tertiary/aromatic N) is 2. The van der Waals surface area contributed by atoms with Crippen LogP contribution in [0.1, 0.15) is 18.9 Å². The molecule has 0 fully saturated rings. The van der Waals surface area contributed by atoms with Gasteiger partial charge in [-0.15, -0.1) is 0 Å². The normalized spacial score (nSPS) is 10.7. The average molecular weight is 275 g/mol. The predicted molar refractivity (Wildman–Crippen MR) is 77.8 cm³/mol. The molecule has 0 saturated carbocycles. The minimum atomic E-state index is 0.233. The average Bonchev–Trinajstić information content (AvgIpc) is 2.96. The van der Waals surface area contributed by atoms with Gasteiger partial charge in [0.05, 0.1) is 12.9 Å². The third-order valence-corrected chi connectivity index (χ3v) is 3.03. The van der Waals surface area contributed by atoms with Gasteiger partial charge >= 0.3 is 0 Å². The second kappa shape index (κ2) is 7.55. The first-order valence-corrected chi connectivity index (χ1v) is 6.91. The molecule has 0 bridgehead atoms. The van der Waals surface area contributed by atoms with Crippen molar-refractivity contribution in [3.05, 3.63) is 42.5 Å². The standard InChI is InChI=1S/C15H21N3O2/c1-2-20-14-6-3-5-13(15(14)19)11-16-7-4-9-18-10-8-17-12-18/h3,5-6,8,10,12,16,19H,2,4,7,9,11H2,1H3. The molecule has 0 unspecified atom stereocenters. The summed E-state index contributed by atoms with van der Waals surface area (Å²) in [4.78, 5) is 4.00. The molecule has 0 aliphatic rings. The molecule has 5 nitrogen and oxygen atoms in total. The number of phenolic OH excluding ortho intramolecular Hbond substituents is 1. The molecule has 1 aromatic carbocycles. The summed E-state index contributed by atoms with van der Waals surface area (Å²) in [5.74, 6) is 0.779. The quantitative estimate of drug-likeness (QED) is 0.725. The van der Waals surface area contributed by atoms with Gasteiger partial charge in [-0.2, -0.15) is 0 Å². The smallest absolute Gasteiger partial charge is 0.162 e. The fourth-order valence-corrected chi connectivity index (χ4v) is 2.01. The van der Waals surface area contributed by atoms with E-state index in [1.165, 1.54) is 0 Å². The summed E-state index contributed by atoms with van der Waals surface area (Å²) >= 11 is 0. The zero-order valence-corrected chi connectivity index (χ0v) is 11.7. The molecular weight excluding hydrogens is 254 g/mol. The Labute approximate surface area is 119 Å². The highest BCUT2D eigenvalue weighted by Gasteiger charge is 2.06. The monoisotopic (exact) mass is 275 g/mol. The Bertz CT molecular complexity index is 512. The van der Waals surface area contributed by atoms with Crippen LogP contribution < -0.4 is 10.1 Å². The van der Waals surface area contributed by atoms with Crippen molar-refractivity contribution >= 4 is 0 Å². The van der Waals surface area contributed by atoms with E-state index in [2.05, 4.69) is 14.9 Å². The van der Waals surface area contributed by atoms with Gasteiger partial charge in [0.15, 0.2) is 11.5 Å². The van der Waals surface area contributed by atoms with Crippen molar-refractivity contribution in [1.29, 1.82) is 0 Å². The fraction of sp³-hybridized carbons (Fsp3) is 0.400. The van der Waals surface area contributed by atoms with Gasteiger partial charge in [0.25, 0.3) is 0 Å². The van der Waals surface area contributed by atoms with Crippen molar-refractivity contribution in [3.8, 4) is 11.5 Å². The highest BCUT2D eigenvalue weighted by atomic mass is 16.5. The highest BCUT2D eigenvalue weighted by Crippen LogP contribution is 2.29. The summed E-state index contributed by atoms with van der Waals surface area (Å²) in [7, 11) is 0. The summed E-state index contributed by atoms with van der Waals surface area (Å²) < 4.78 is 7.42. The number of aromatic nitrogens is 2. The second-order valence-electron chi connectivity index (χ2n) is 4.53. The molecule has 0 atom stereocenters. The molecule has 2 N–H and O–H groups in total. The number of ether oxygens (including phenoxy) is 1. The fourth-order valence-electron chi connectivity index (χ4n) is 2.01. The molecular formula is C15H21N3O2. The number of aromatic hydroxyl groups is 1. The van der Waals surface area contributed by atoms with E-state index < -0.39 is 0 Å². The van der Waals surface area contributed by atoms with Crippen molar-refractivity contribution in [1.82, 2.24) is 14.9 Å². The Morgan fingerprint density at radius 2 is 2.30 bits per heavy atom. The van der Waals surface area contributed by atoms with Crippen LogP contribution in [0.25, 0.3) is 0 Å². The second-order valence-corrected chi connectivity index (χ2v) is 4.53.